The number of rotatable bonds is 22. The van der Waals surface area contributed by atoms with Gasteiger partial charge < -0.3 is 10.4 Å². The normalized spacial score (nSPS) is 10.9. The summed E-state index contributed by atoms with van der Waals surface area (Å²) in [4.78, 5) is 28.1. The monoisotopic (exact) mass is 450 g/mol. The van der Waals surface area contributed by atoms with E-state index in [4.69, 9.17) is 9.94 Å². The standard InChI is InChI=1S/C24H46N2O4.Na.H/c1-3-5-6-7-8-9-10-11-12-13-14-15-16-17-18-19-23(27)26(30-4-2)21-20-25-22-24(28)29;;/h11-12,25H,3-10,13-22H2,1-2H3,(H,28,29);;/b12-11-;;. The van der Waals surface area contributed by atoms with E-state index in [0.717, 1.165) is 25.7 Å². The van der Waals surface area contributed by atoms with E-state index >= 15 is 0 Å². The summed E-state index contributed by atoms with van der Waals surface area (Å²) in [6.45, 7) is 5.19. The van der Waals surface area contributed by atoms with E-state index in [2.05, 4.69) is 24.4 Å². The van der Waals surface area contributed by atoms with Crippen molar-refractivity contribution in [2.24, 2.45) is 0 Å². The van der Waals surface area contributed by atoms with Crippen LogP contribution in [0, 0.1) is 0 Å². The molecule has 0 aliphatic carbocycles. The Kier molecular flexibility index (Phi) is 27.3. The third-order valence-corrected chi connectivity index (χ3v) is 4.98. The molecule has 0 aliphatic heterocycles. The summed E-state index contributed by atoms with van der Waals surface area (Å²) < 4.78 is 0. The first-order valence-electron chi connectivity index (χ1n) is 12.1. The van der Waals surface area contributed by atoms with Crippen molar-refractivity contribution in [2.75, 3.05) is 26.2 Å². The van der Waals surface area contributed by atoms with E-state index < -0.39 is 5.97 Å². The molecule has 0 aromatic heterocycles. The number of carbonyl (C=O) groups is 2. The number of carboxylic acids is 1. The summed E-state index contributed by atoms with van der Waals surface area (Å²) in [7, 11) is 0. The minimum atomic E-state index is -0.905. The third kappa shape index (κ3) is 24.1. The van der Waals surface area contributed by atoms with Crippen molar-refractivity contribution in [3.63, 3.8) is 0 Å². The number of nitrogens with zero attached hydrogens (tertiary/aromatic N) is 1. The molecule has 0 radical (unpaired) electrons. The molecule has 0 atom stereocenters. The quantitative estimate of drug-likeness (QED) is 0.107. The summed E-state index contributed by atoms with van der Waals surface area (Å²) >= 11 is 0. The van der Waals surface area contributed by atoms with Gasteiger partial charge in [0.1, 0.15) is 0 Å². The van der Waals surface area contributed by atoms with Crippen molar-refractivity contribution in [3.8, 4) is 0 Å². The van der Waals surface area contributed by atoms with E-state index in [1.807, 2.05) is 6.92 Å². The van der Waals surface area contributed by atoms with Gasteiger partial charge in [0.2, 0.25) is 5.91 Å². The maximum absolute atomic E-state index is 12.2. The molecule has 0 aromatic carbocycles. The molecular weight excluding hydrogens is 403 g/mol. The Morgan fingerprint density at radius 3 is 1.97 bits per heavy atom. The topological polar surface area (TPSA) is 78.9 Å². The second-order valence-corrected chi connectivity index (χ2v) is 7.82. The van der Waals surface area contributed by atoms with Gasteiger partial charge in [-0.25, -0.2) is 5.06 Å². The van der Waals surface area contributed by atoms with Gasteiger partial charge in [-0.2, -0.15) is 0 Å². The number of aliphatic carboxylic acids is 1. The van der Waals surface area contributed by atoms with E-state index in [1.54, 1.807) is 0 Å². The van der Waals surface area contributed by atoms with Gasteiger partial charge in [0.15, 0.2) is 0 Å². The number of nitrogens with one attached hydrogen (secondary N) is 1. The zero-order chi connectivity index (χ0) is 22.3. The Morgan fingerprint density at radius 1 is 0.871 bits per heavy atom. The fourth-order valence-corrected chi connectivity index (χ4v) is 3.26. The van der Waals surface area contributed by atoms with Crippen LogP contribution in [-0.2, 0) is 14.4 Å². The number of allylic oxidation sites excluding steroid dienone is 2. The predicted octanol–water partition coefficient (Wildman–Crippen LogP) is 4.83. The van der Waals surface area contributed by atoms with Crippen molar-refractivity contribution < 1.29 is 19.5 Å². The molecule has 6 nitrogen and oxygen atoms in total. The van der Waals surface area contributed by atoms with Gasteiger partial charge in [0.25, 0.3) is 0 Å². The Hall–Kier alpha value is -0.400. The van der Waals surface area contributed by atoms with Crippen molar-refractivity contribution in [2.45, 2.75) is 104 Å². The third-order valence-electron chi connectivity index (χ3n) is 4.98. The molecular formula is C24H47N2NaO4. The fraction of sp³-hybridized carbons (Fsp3) is 0.833. The second kappa shape index (κ2) is 25.9. The van der Waals surface area contributed by atoms with Gasteiger partial charge in [0, 0.05) is 13.0 Å². The number of carbonyl (C=O) groups excluding carboxylic acids is 1. The van der Waals surface area contributed by atoms with Gasteiger partial charge >= 0.3 is 35.5 Å². The number of amides is 1. The number of carboxylic acid groups (broad SMARTS) is 1. The molecule has 7 heteroatoms. The molecule has 31 heavy (non-hydrogen) atoms. The summed E-state index contributed by atoms with van der Waals surface area (Å²) in [6, 6.07) is 0. The first-order chi connectivity index (χ1) is 14.6. The maximum atomic E-state index is 12.2. The Morgan fingerprint density at radius 2 is 1.42 bits per heavy atom. The van der Waals surface area contributed by atoms with Gasteiger partial charge in [-0.05, 0) is 39.0 Å². The molecule has 178 valence electrons. The number of unbranched alkanes of at least 4 members (excludes halogenated alkanes) is 11. The molecule has 0 aliphatic rings. The SMILES string of the molecule is CCCCCCCC/C=C\CCCCCCCC(=O)N(CCNCC(=O)O)OCC.[NaH]. The first kappa shape index (κ1) is 32.8. The van der Waals surface area contributed by atoms with Crippen LogP contribution in [0.1, 0.15) is 104 Å². The van der Waals surface area contributed by atoms with Crippen LogP contribution in [0.5, 0.6) is 0 Å². The van der Waals surface area contributed by atoms with Crippen molar-refractivity contribution in [1.82, 2.24) is 10.4 Å². The number of hydrogen-bond donors (Lipinski definition) is 2. The summed E-state index contributed by atoms with van der Waals surface area (Å²) in [5, 5.41) is 12.8. The zero-order valence-corrected chi connectivity index (χ0v) is 19.5. The average molecular weight is 451 g/mol. The van der Waals surface area contributed by atoms with Crippen LogP contribution in [0.15, 0.2) is 12.2 Å². The summed E-state index contributed by atoms with van der Waals surface area (Å²) in [5.41, 5.74) is 0. The molecule has 1 amide bonds. The Bertz CT molecular complexity index is 447. The van der Waals surface area contributed by atoms with Gasteiger partial charge in [-0.3, -0.25) is 14.4 Å². The first-order valence-corrected chi connectivity index (χ1v) is 12.1. The van der Waals surface area contributed by atoms with Crippen LogP contribution in [0.2, 0.25) is 0 Å². The molecule has 0 bridgehead atoms. The second-order valence-electron chi connectivity index (χ2n) is 7.82. The van der Waals surface area contributed by atoms with Crippen LogP contribution >= 0.6 is 0 Å². The van der Waals surface area contributed by atoms with Crippen molar-refractivity contribution >= 4 is 41.4 Å². The minimum absolute atomic E-state index is 0. The van der Waals surface area contributed by atoms with Crippen LogP contribution in [-0.4, -0.2) is 77.8 Å². The molecule has 0 heterocycles. The Balaban J connectivity index is 0. The summed E-state index contributed by atoms with van der Waals surface area (Å²) in [6.07, 6.45) is 21.2. The van der Waals surface area contributed by atoms with Crippen molar-refractivity contribution in [3.05, 3.63) is 12.2 Å². The fourth-order valence-electron chi connectivity index (χ4n) is 3.26. The van der Waals surface area contributed by atoms with E-state index in [1.165, 1.54) is 62.9 Å². The molecule has 0 unspecified atom stereocenters. The molecule has 0 saturated carbocycles. The molecule has 0 saturated heterocycles. The molecule has 0 fully saturated rings. The van der Waals surface area contributed by atoms with E-state index in [9.17, 15) is 9.59 Å². The number of hydrogen-bond acceptors (Lipinski definition) is 4. The van der Waals surface area contributed by atoms with Gasteiger partial charge in [0.05, 0.1) is 19.7 Å². The summed E-state index contributed by atoms with van der Waals surface area (Å²) in [5.74, 6) is -0.927. The van der Waals surface area contributed by atoms with E-state index in [-0.39, 0.29) is 42.0 Å². The predicted molar refractivity (Wildman–Crippen MR) is 130 cm³/mol. The van der Waals surface area contributed by atoms with Crippen LogP contribution in [0.25, 0.3) is 0 Å². The van der Waals surface area contributed by atoms with Crippen LogP contribution < -0.4 is 5.32 Å². The van der Waals surface area contributed by atoms with Gasteiger partial charge in [-0.15, -0.1) is 0 Å². The average Bonchev–Trinajstić information content (AvgIpc) is 2.72. The molecule has 0 aromatic rings. The Labute approximate surface area is 212 Å². The number of hydroxylamine groups is 2. The van der Waals surface area contributed by atoms with Crippen LogP contribution in [0.4, 0.5) is 0 Å². The van der Waals surface area contributed by atoms with Crippen molar-refractivity contribution in [1.29, 1.82) is 0 Å². The van der Waals surface area contributed by atoms with Crippen LogP contribution in [0.3, 0.4) is 0 Å². The van der Waals surface area contributed by atoms with E-state index in [0.29, 0.717) is 26.1 Å². The molecule has 0 rings (SSSR count). The molecule has 0 spiro atoms. The molecule has 2 N–H and O–H groups in total. The zero-order valence-electron chi connectivity index (χ0n) is 19.5. The van der Waals surface area contributed by atoms with Gasteiger partial charge in [-0.1, -0.05) is 70.4 Å².